The molecule has 1 rings (SSSR count). The summed E-state index contributed by atoms with van der Waals surface area (Å²) in [7, 11) is 3.61. The van der Waals surface area contributed by atoms with Crippen molar-refractivity contribution in [2.45, 2.75) is 26.7 Å². The molecule has 1 saturated heterocycles. The number of hydrogen-bond acceptors (Lipinski definition) is 4. The van der Waals surface area contributed by atoms with E-state index in [9.17, 15) is 4.79 Å². The summed E-state index contributed by atoms with van der Waals surface area (Å²) in [4.78, 5) is 13.4. The molecule has 1 atom stereocenters. The molecule has 0 spiro atoms. The van der Waals surface area contributed by atoms with Gasteiger partial charge in [0.15, 0.2) is 0 Å². The van der Waals surface area contributed by atoms with Gasteiger partial charge in [-0.1, -0.05) is 13.8 Å². The molecule has 1 fully saturated rings. The summed E-state index contributed by atoms with van der Waals surface area (Å²) in [6, 6.07) is 0. The van der Waals surface area contributed by atoms with Gasteiger partial charge in [0, 0.05) is 19.6 Å². The summed E-state index contributed by atoms with van der Waals surface area (Å²) in [5, 5.41) is 3.36. The second-order valence-electron chi connectivity index (χ2n) is 5.74. The van der Waals surface area contributed by atoms with Crippen molar-refractivity contribution in [1.29, 1.82) is 0 Å². The fraction of sp³-hybridized carbons (Fsp3) is 0.923. The Morgan fingerprint density at radius 2 is 2.24 bits per heavy atom. The number of carbonyl (C=O) groups is 1. The molecule has 0 radical (unpaired) electrons. The first-order valence-electron chi connectivity index (χ1n) is 6.42. The monoisotopic (exact) mass is 242 g/mol. The van der Waals surface area contributed by atoms with Gasteiger partial charge in [0.05, 0.1) is 13.5 Å². The van der Waals surface area contributed by atoms with Crippen LogP contribution in [0.1, 0.15) is 26.7 Å². The van der Waals surface area contributed by atoms with Gasteiger partial charge in [-0.3, -0.25) is 4.79 Å². The highest BCUT2D eigenvalue weighted by molar-refractivity contribution is 5.69. The number of carbonyl (C=O) groups excluding carboxylic acids is 1. The van der Waals surface area contributed by atoms with Gasteiger partial charge in [-0.2, -0.15) is 0 Å². The predicted octanol–water partition coefficient (Wildman–Crippen LogP) is 1.12. The van der Waals surface area contributed by atoms with Gasteiger partial charge >= 0.3 is 5.97 Å². The quantitative estimate of drug-likeness (QED) is 0.560. The molecule has 0 aromatic rings. The highest BCUT2D eigenvalue weighted by Crippen LogP contribution is 2.33. The maximum absolute atomic E-state index is 11.0. The van der Waals surface area contributed by atoms with Crippen molar-refractivity contribution in [3.05, 3.63) is 0 Å². The van der Waals surface area contributed by atoms with E-state index in [1.54, 1.807) is 0 Å². The molecular formula is C13H26N2O2. The summed E-state index contributed by atoms with van der Waals surface area (Å²) < 4.78 is 4.61. The van der Waals surface area contributed by atoms with Crippen LogP contribution < -0.4 is 5.32 Å². The molecule has 0 aromatic heterocycles. The van der Waals surface area contributed by atoms with Crippen LogP contribution in [0.3, 0.4) is 0 Å². The lowest BCUT2D eigenvalue weighted by Gasteiger charge is -2.32. The summed E-state index contributed by atoms with van der Waals surface area (Å²) in [5.41, 5.74) is 0.293. The summed E-state index contributed by atoms with van der Waals surface area (Å²) >= 11 is 0. The van der Waals surface area contributed by atoms with E-state index in [1.165, 1.54) is 26.6 Å². The van der Waals surface area contributed by atoms with Gasteiger partial charge in [0.2, 0.25) is 0 Å². The van der Waals surface area contributed by atoms with Crippen molar-refractivity contribution in [3.8, 4) is 0 Å². The lowest BCUT2D eigenvalue weighted by atomic mass is 9.78. The van der Waals surface area contributed by atoms with Crippen LogP contribution in [0.5, 0.6) is 0 Å². The Morgan fingerprint density at radius 1 is 1.53 bits per heavy atom. The van der Waals surface area contributed by atoms with Crippen molar-refractivity contribution >= 4 is 5.97 Å². The van der Waals surface area contributed by atoms with Gasteiger partial charge in [-0.25, -0.2) is 0 Å². The minimum absolute atomic E-state index is 0.143. The largest absolute Gasteiger partial charge is 0.469 e. The summed E-state index contributed by atoms with van der Waals surface area (Å²) in [5.74, 6) is 0.606. The molecular weight excluding hydrogens is 216 g/mol. The first-order chi connectivity index (χ1) is 7.95. The van der Waals surface area contributed by atoms with Crippen LogP contribution in [0.15, 0.2) is 0 Å². The van der Waals surface area contributed by atoms with Gasteiger partial charge < -0.3 is 15.0 Å². The lowest BCUT2D eigenvalue weighted by Crippen LogP contribution is -2.37. The highest BCUT2D eigenvalue weighted by Gasteiger charge is 2.33. The molecule has 4 nitrogen and oxygen atoms in total. The molecule has 1 unspecified atom stereocenters. The van der Waals surface area contributed by atoms with E-state index >= 15 is 0 Å². The fourth-order valence-electron chi connectivity index (χ4n) is 2.42. The minimum atomic E-state index is -0.143. The molecule has 0 amide bonds. The summed E-state index contributed by atoms with van der Waals surface area (Å²) in [6.07, 6.45) is 1.74. The lowest BCUT2D eigenvalue weighted by molar-refractivity contribution is -0.140. The van der Waals surface area contributed by atoms with Gasteiger partial charge in [0.25, 0.3) is 0 Å². The molecule has 0 saturated carbocycles. The third-order valence-corrected chi connectivity index (χ3v) is 3.81. The highest BCUT2D eigenvalue weighted by atomic mass is 16.5. The van der Waals surface area contributed by atoms with Crippen molar-refractivity contribution in [3.63, 3.8) is 0 Å². The van der Waals surface area contributed by atoms with Crippen LogP contribution >= 0.6 is 0 Å². The first-order valence-corrected chi connectivity index (χ1v) is 6.42. The maximum atomic E-state index is 11.0. The second-order valence-corrected chi connectivity index (χ2v) is 5.74. The average Bonchev–Trinajstić information content (AvgIpc) is 2.71. The van der Waals surface area contributed by atoms with E-state index < -0.39 is 0 Å². The fourth-order valence-corrected chi connectivity index (χ4v) is 2.42. The number of rotatable bonds is 6. The van der Waals surface area contributed by atoms with Crippen LogP contribution in [0.2, 0.25) is 0 Å². The van der Waals surface area contributed by atoms with Crippen molar-refractivity contribution in [2.75, 3.05) is 40.3 Å². The van der Waals surface area contributed by atoms with Crippen molar-refractivity contribution in [1.82, 2.24) is 10.2 Å². The van der Waals surface area contributed by atoms with E-state index in [0.717, 1.165) is 12.5 Å². The Kier molecular flexibility index (Phi) is 5.40. The van der Waals surface area contributed by atoms with Crippen LogP contribution in [-0.4, -0.2) is 51.2 Å². The van der Waals surface area contributed by atoms with Crippen molar-refractivity contribution < 1.29 is 9.53 Å². The van der Waals surface area contributed by atoms with Gasteiger partial charge in [0.1, 0.15) is 0 Å². The van der Waals surface area contributed by atoms with Crippen molar-refractivity contribution in [2.24, 2.45) is 11.3 Å². The Hall–Kier alpha value is -0.610. The molecule has 4 heteroatoms. The third-order valence-electron chi connectivity index (χ3n) is 3.81. The predicted molar refractivity (Wildman–Crippen MR) is 68.9 cm³/mol. The van der Waals surface area contributed by atoms with E-state index in [0.29, 0.717) is 18.4 Å². The number of hydrogen-bond donors (Lipinski definition) is 1. The molecule has 100 valence electrons. The standard InChI is InChI=1S/C13H26N2O2/c1-13(2,11-6-8-15(3)9-11)10-14-7-5-12(16)17-4/h11,14H,5-10H2,1-4H3. The molecule has 1 heterocycles. The minimum Gasteiger partial charge on any atom is -0.469 e. The number of ether oxygens (including phenoxy) is 1. The summed E-state index contributed by atoms with van der Waals surface area (Å²) in [6.45, 7) is 8.67. The number of esters is 1. The smallest absolute Gasteiger partial charge is 0.306 e. The van der Waals surface area contributed by atoms with E-state index in [1.807, 2.05) is 0 Å². The molecule has 1 aliphatic rings. The molecule has 17 heavy (non-hydrogen) atoms. The third kappa shape index (κ3) is 4.64. The van der Waals surface area contributed by atoms with E-state index in [2.05, 4.69) is 35.8 Å². The SMILES string of the molecule is COC(=O)CCNCC(C)(C)C1CCN(C)C1. The van der Waals surface area contributed by atoms with E-state index in [4.69, 9.17) is 0 Å². The first kappa shape index (κ1) is 14.5. The van der Waals surface area contributed by atoms with Gasteiger partial charge in [-0.05, 0) is 31.3 Å². The Morgan fingerprint density at radius 3 is 2.76 bits per heavy atom. The zero-order valence-corrected chi connectivity index (χ0v) is 11.6. The molecule has 1 aliphatic heterocycles. The zero-order valence-electron chi connectivity index (χ0n) is 11.6. The maximum Gasteiger partial charge on any atom is 0.306 e. The number of likely N-dealkylation sites (tertiary alicyclic amines) is 1. The second kappa shape index (κ2) is 6.36. The number of nitrogens with one attached hydrogen (secondary N) is 1. The molecule has 1 N–H and O–H groups in total. The van der Waals surface area contributed by atoms with Crippen LogP contribution in [-0.2, 0) is 9.53 Å². The van der Waals surface area contributed by atoms with Crippen LogP contribution in [0.25, 0.3) is 0 Å². The number of nitrogens with zero attached hydrogens (tertiary/aromatic N) is 1. The number of methoxy groups -OCH3 is 1. The van der Waals surface area contributed by atoms with Crippen LogP contribution in [0, 0.1) is 11.3 Å². The Balaban J connectivity index is 2.22. The topological polar surface area (TPSA) is 41.6 Å². The Labute approximate surface area is 105 Å². The van der Waals surface area contributed by atoms with Crippen LogP contribution in [0.4, 0.5) is 0 Å². The Bertz CT molecular complexity index is 254. The van der Waals surface area contributed by atoms with Gasteiger partial charge in [-0.15, -0.1) is 0 Å². The normalized spacial score (nSPS) is 21.8. The van der Waals surface area contributed by atoms with E-state index in [-0.39, 0.29) is 5.97 Å². The zero-order chi connectivity index (χ0) is 12.9. The molecule has 0 aliphatic carbocycles. The average molecular weight is 242 g/mol. The molecule has 0 bridgehead atoms. The molecule has 0 aromatic carbocycles.